The van der Waals surface area contributed by atoms with E-state index in [9.17, 15) is 9.59 Å². The maximum atomic E-state index is 13.2. The Kier molecular flexibility index (Phi) is 5.27. The summed E-state index contributed by atoms with van der Waals surface area (Å²) in [6, 6.07) is 21.3. The molecule has 1 N–H and O–H groups in total. The monoisotopic (exact) mass is 459 g/mol. The maximum Gasteiger partial charge on any atom is 0.351 e. The lowest BCUT2D eigenvalue weighted by atomic mass is 10.2. The van der Waals surface area contributed by atoms with Gasteiger partial charge in [0, 0.05) is 10.7 Å². The van der Waals surface area contributed by atoms with Crippen LogP contribution in [0.15, 0.2) is 77.6 Å². The quantitative estimate of drug-likeness (QED) is 0.419. The highest BCUT2D eigenvalue weighted by Crippen LogP contribution is 2.26. The summed E-state index contributed by atoms with van der Waals surface area (Å²) in [7, 11) is 0. The number of halogens is 1. The van der Waals surface area contributed by atoms with Crippen LogP contribution >= 0.6 is 11.6 Å². The number of benzene rings is 3. The number of rotatable bonds is 5. The van der Waals surface area contributed by atoms with E-state index in [0.717, 1.165) is 10.2 Å². The summed E-state index contributed by atoms with van der Waals surface area (Å²) in [4.78, 5) is 30.3. The Morgan fingerprint density at radius 3 is 2.52 bits per heavy atom. The Labute approximate surface area is 193 Å². The largest absolute Gasteiger partial charge is 0.436 e. The third-order valence-corrected chi connectivity index (χ3v) is 5.28. The molecule has 0 radical (unpaired) electrons. The van der Waals surface area contributed by atoms with Gasteiger partial charge in [0.25, 0.3) is 5.88 Å². The molecule has 0 fully saturated rings. The van der Waals surface area contributed by atoms with Crippen molar-refractivity contribution < 1.29 is 9.53 Å². The van der Waals surface area contributed by atoms with Gasteiger partial charge in [-0.2, -0.15) is 0 Å². The first-order valence-corrected chi connectivity index (χ1v) is 10.5. The van der Waals surface area contributed by atoms with E-state index in [1.807, 2.05) is 37.3 Å². The van der Waals surface area contributed by atoms with Crippen LogP contribution in [0.1, 0.15) is 5.56 Å². The smallest absolute Gasteiger partial charge is 0.351 e. The van der Waals surface area contributed by atoms with Crippen LogP contribution in [-0.4, -0.2) is 25.1 Å². The number of hydrogen-bond acceptors (Lipinski definition) is 5. The van der Waals surface area contributed by atoms with Crippen LogP contribution in [0, 0.1) is 6.92 Å². The predicted octanol–water partition coefficient (Wildman–Crippen LogP) is 4.44. The Morgan fingerprint density at radius 1 is 1.03 bits per heavy atom. The number of carbonyl (C=O) groups excluding carboxylic acids is 1. The number of carbonyl (C=O) groups is 1. The molecule has 1 amide bonds. The summed E-state index contributed by atoms with van der Waals surface area (Å²) in [6.45, 7) is 1.70. The van der Waals surface area contributed by atoms with Gasteiger partial charge >= 0.3 is 5.69 Å². The zero-order valence-electron chi connectivity index (χ0n) is 17.5. The summed E-state index contributed by atoms with van der Waals surface area (Å²) in [5.74, 6) is 0.334. The van der Waals surface area contributed by atoms with Gasteiger partial charge in [0.05, 0.1) is 11.0 Å². The minimum Gasteiger partial charge on any atom is -0.436 e. The molecule has 0 saturated carbocycles. The number of aromatic nitrogens is 4. The highest BCUT2D eigenvalue weighted by atomic mass is 35.5. The molecule has 2 aromatic heterocycles. The molecular weight excluding hydrogens is 442 g/mol. The normalized spacial score (nSPS) is 11.1. The van der Waals surface area contributed by atoms with Crippen LogP contribution < -0.4 is 15.7 Å². The number of nitrogens with zero attached hydrogens (tertiary/aromatic N) is 4. The van der Waals surface area contributed by atoms with Crippen molar-refractivity contribution in [1.29, 1.82) is 0 Å². The molecule has 9 heteroatoms. The van der Waals surface area contributed by atoms with Crippen LogP contribution in [0.2, 0.25) is 5.02 Å². The lowest BCUT2D eigenvalue weighted by molar-refractivity contribution is -0.117. The van der Waals surface area contributed by atoms with Crippen molar-refractivity contribution >= 4 is 39.9 Å². The van der Waals surface area contributed by atoms with Gasteiger partial charge in [-0.25, -0.2) is 18.9 Å². The van der Waals surface area contributed by atoms with E-state index >= 15 is 0 Å². The topological polar surface area (TPSA) is 90.5 Å². The molecule has 0 spiro atoms. The first kappa shape index (κ1) is 20.7. The molecule has 164 valence electrons. The van der Waals surface area contributed by atoms with Gasteiger partial charge in [-0.1, -0.05) is 41.4 Å². The van der Waals surface area contributed by atoms with Crippen molar-refractivity contribution in [2.24, 2.45) is 0 Å². The first-order valence-electron chi connectivity index (χ1n) is 10.2. The van der Waals surface area contributed by atoms with Crippen molar-refractivity contribution in [3.8, 4) is 11.6 Å². The number of para-hydroxylation sites is 2. The fraction of sp³-hybridized carbons (Fsp3) is 0.0833. The lowest BCUT2D eigenvalue weighted by Crippen LogP contribution is -2.28. The highest BCUT2D eigenvalue weighted by Gasteiger charge is 2.19. The molecular formula is C24H18ClN5O3. The number of amides is 1. The maximum absolute atomic E-state index is 13.2. The van der Waals surface area contributed by atoms with Crippen molar-refractivity contribution in [2.75, 3.05) is 5.32 Å². The molecule has 0 aliphatic carbocycles. The number of ether oxygens (including phenoxy) is 1. The summed E-state index contributed by atoms with van der Waals surface area (Å²) < 4.78 is 8.47. The van der Waals surface area contributed by atoms with E-state index in [1.54, 1.807) is 42.5 Å². The average molecular weight is 460 g/mol. The van der Waals surface area contributed by atoms with Crippen LogP contribution in [0.5, 0.6) is 11.6 Å². The summed E-state index contributed by atoms with van der Waals surface area (Å²) >= 11 is 5.88. The van der Waals surface area contributed by atoms with E-state index < -0.39 is 11.6 Å². The average Bonchev–Trinajstić information content (AvgIpc) is 3.13. The Morgan fingerprint density at radius 2 is 1.76 bits per heavy atom. The van der Waals surface area contributed by atoms with Crippen molar-refractivity contribution in [1.82, 2.24) is 19.2 Å². The fourth-order valence-electron chi connectivity index (χ4n) is 3.43. The molecule has 2 heterocycles. The van der Waals surface area contributed by atoms with Gasteiger partial charge in [0.15, 0.2) is 0 Å². The number of hydrogen-bond donors (Lipinski definition) is 1. The molecule has 0 atom stereocenters. The van der Waals surface area contributed by atoms with Crippen LogP contribution in [0.25, 0.3) is 16.7 Å². The van der Waals surface area contributed by atoms with E-state index in [2.05, 4.69) is 15.4 Å². The number of anilines is 1. The fourth-order valence-corrected chi connectivity index (χ4v) is 3.56. The van der Waals surface area contributed by atoms with Gasteiger partial charge in [0.1, 0.15) is 12.3 Å². The zero-order chi connectivity index (χ0) is 22.9. The second kappa shape index (κ2) is 8.40. The van der Waals surface area contributed by atoms with Crippen LogP contribution in [0.4, 0.5) is 5.69 Å². The van der Waals surface area contributed by atoms with E-state index in [4.69, 9.17) is 16.3 Å². The Bertz CT molecular complexity index is 1540. The standard InChI is InChI=1S/C24H18ClN5O3/c1-15-6-12-18(13-7-15)33-23-22-28-29(14-21(31)26-17-10-8-16(25)9-11-17)24(32)30(22)20-5-3-2-4-19(20)27-23/h2-13H,14H2,1H3,(H,26,31). The molecule has 8 nitrogen and oxygen atoms in total. The van der Waals surface area contributed by atoms with Crippen molar-refractivity contribution in [2.45, 2.75) is 13.5 Å². The molecule has 0 saturated heterocycles. The Balaban J connectivity index is 1.55. The molecule has 0 aliphatic rings. The molecule has 5 rings (SSSR count). The highest BCUT2D eigenvalue weighted by molar-refractivity contribution is 6.30. The summed E-state index contributed by atoms with van der Waals surface area (Å²) in [5.41, 5.74) is 2.54. The lowest BCUT2D eigenvalue weighted by Gasteiger charge is -2.07. The van der Waals surface area contributed by atoms with Gasteiger partial charge in [-0.05, 0) is 55.5 Å². The number of aryl methyl sites for hydroxylation is 1. The third kappa shape index (κ3) is 4.16. The number of fused-ring (bicyclic) bond motifs is 3. The molecule has 0 aliphatic heterocycles. The van der Waals surface area contributed by atoms with Crippen LogP contribution in [0.3, 0.4) is 0 Å². The molecule has 0 bridgehead atoms. The zero-order valence-corrected chi connectivity index (χ0v) is 18.3. The van der Waals surface area contributed by atoms with Gasteiger partial charge in [-0.15, -0.1) is 5.10 Å². The predicted molar refractivity (Wildman–Crippen MR) is 126 cm³/mol. The Hall–Kier alpha value is -4.17. The third-order valence-electron chi connectivity index (χ3n) is 5.03. The van der Waals surface area contributed by atoms with E-state index in [0.29, 0.717) is 27.5 Å². The second-order valence-electron chi connectivity index (χ2n) is 7.48. The second-order valence-corrected chi connectivity index (χ2v) is 7.91. The van der Waals surface area contributed by atoms with Gasteiger partial charge in [-0.3, -0.25) is 4.79 Å². The molecule has 5 aromatic rings. The van der Waals surface area contributed by atoms with Gasteiger partial charge < -0.3 is 10.1 Å². The minimum atomic E-state index is -0.469. The number of nitrogens with one attached hydrogen (secondary N) is 1. The van der Waals surface area contributed by atoms with E-state index in [-0.39, 0.29) is 18.1 Å². The minimum absolute atomic E-state index is 0.173. The summed E-state index contributed by atoms with van der Waals surface area (Å²) in [6.07, 6.45) is 0. The molecule has 3 aromatic carbocycles. The van der Waals surface area contributed by atoms with Crippen molar-refractivity contribution in [3.63, 3.8) is 0 Å². The van der Waals surface area contributed by atoms with E-state index in [1.165, 1.54) is 4.40 Å². The molecule has 33 heavy (non-hydrogen) atoms. The first-order chi connectivity index (χ1) is 16.0. The van der Waals surface area contributed by atoms with Crippen LogP contribution in [-0.2, 0) is 11.3 Å². The SMILES string of the molecule is Cc1ccc(Oc2nc3ccccc3n3c(=O)n(CC(=O)Nc4ccc(Cl)cc4)nc23)cc1. The summed E-state index contributed by atoms with van der Waals surface area (Å²) in [5, 5.41) is 7.66. The molecule has 0 unspecified atom stereocenters. The van der Waals surface area contributed by atoms with Crippen molar-refractivity contribution in [3.05, 3.63) is 93.9 Å². The van der Waals surface area contributed by atoms with Gasteiger partial charge in [0.2, 0.25) is 11.6 Å².